The first kappa shape index (κ1) is 23.0. The molecule has 0 N–H and O–H groups in total. The van der Waals surface area contributed by atoms with Gasteiger partial charge in [-0.25, -0.2) is 17.8 Å². The van der Waals surface area contributed by atoms with Crippen molar-refractivity contribution in [3.8, 4) is 5.75 Å². The van der Waals surface area contributed by atoms with Gasteiger partial charge in [0.25, 0.3) is 0 Å². The van der Waals surface area contributed by atoms with Gasteiger partial charge < -0.3 is 9.64 Å². The van der Waals surface area contributed by atoms with Crippen molar-refractivity contribution in [1.29, 1.82) is 0 Å². The maximum Gasteiger partial charge on any atom is 0.420 e. The van der Waals surface area contributed by atoms with Crippen molar-refractivity contribution < 1.29 is 30.7 Å². The molecule has 1 aliphatic carbocycles. The highest BCUT2D eigenvalue weighted by molar-refractivity contribution is 7.90. The van der Waals surface area contributed by atoms with Crippen molar-refractivity contribution in [3.05, 3.63) is 40.1 Å². The third-order valence-electron chi connectivity index (χ3n) is 5.08. The van der Waals surface area contributed by atoms with Crippen molar-refractivity contribution in [2.45, 2.75) is 54.7 Å². The highest BCUT2D eigenvalue weighted by Gasteiger charge is 2.39. The van der Waals surface area contributed by atoms with Crippen LogP contribution in [0.5, 0.6) is 5.75 Å². The molecule has 1 aliphatic rings. The second kappa shape index (κ2) is 8.80. The van der Waals surface area contributed by atoms with E-state index in [9.17, 15) is 26.0 Å². The second-order valence-corrected chi connectivity index (χ2v) is 10.4. The summed E-state index contributed by atoms with van der Waals surface area (Å²) in [6, 6.07) is 0.760. The van der Waals surface area contributed by atoms with Gasteiger partial charge in [0.1, 0.15) is 33.3 Å². The molecule has 0 aliphatic heterocycles. The molecule has 0 amide bonds. The quantitative estimate of drug-likeness (QED) is 0.586. The van der Waals surface area contributed by atoms with Gasteiger partial charge >= 0.3 is 6.18 Å². The number of ether oxygens (including phenoxy) is 1. The topological polar surface area (TPSA) is 59.5 Å². The zero-order valence-electron chi connectivity index (χ0n) is 16.4. The summed E-state index contributed by atoms with van der Waals surface area (Å²) in [5.74, 6) is -2.64. The number of hydrogen-bond donors (Lipinski definition) is 0. The molecule has 5 nitrogen and oxygen atoms in total. The Bertz CT molecular complexity index is 976. The molecular weight excluding hydrogens is 444 g/mol. The maximum absolute atomic E-state index is 14.7. The Morgan fingerprint density at radius 2 is 1.93 bits per heavy atom. The predicted molar refractivity (Wildman–Crippen MR) is 105 cm³/mol. The number of rotatable bonds is 6. The fraction of sp³-hybridized carbons (Fsp3) is 0.526. The normalized spacial score (nSPS) is 20.5. The van der Waals surface area contributed by atoms with Crippen molar-refractivity contribution in [3.63, 3.8) is 0 Å². The average Bonchev–Trinajstić information content (AvgIpc) is 3.13. The molecule has 0 bridgehead atoms. The van der Waals surface area contributed by atoms with Crippen molar-refractivity contribution in [2.75, 3.05) is 14.1 Å². The maximum atomic E-state index is 14.7. The van der Waals surface area contributed by atoms with Crippen molar-refractivity contribution in [1.82, 2.24) is 9.88 Å². The minimum atomic E-state index is -4.91. The number of nitrogens with zero attached hydrogens (tertiary/aromatic N) is 2. The standard InChI is InChI=1S/C19H22F4N2O3S2/c1-25(2)14-5-3-4-6-15(14)28-16-10-13(20)17(9-12(16)19(21,22)23)30(26,27)11-18-24-7-8-29-18/h7-10,14-15H,3-6,11H2,1-2H3/t14-,15-/m0/s1. The van der Waals surface area contributed by atoms with Crippen LogP contribution in [0.3, 0.4) is 0 Å². The number of sulfone groups is 1. The van der Waals surface area contributed by atoms with Gasteiger partial charge in [0.05, 0.1) is 5.56 Å². The summed E-state index contributed by atoms with van der Waals surface area (Å²) in [5, 5.41) is 1.70. The van der Waals surface area contributed by atoms with E-state index in [0.29, 0.717) is 18.6 Å². The molecule has 0 spiro atoms. The molecule has 2 aromatic rings. The molecule has 1 saturated carbocycles. The van der Waals surface area contributed by atoms with Gasteiger partial charge in [0.2, 0.25) is 0 Å². The van der Waals surface area contributed by atoms with Gasteiger partial charge in [-0.15, -0.1) is 11.3 Å². The molecule has 1 heterocycles. The van der Waals surface area contributed by atoms with E-state index >= 15 is 0 Å². The van der Waals surface area contributed by atoms with Gasteiger partial charge in [-0.05, 0) is 39.4 Å². The molecule has 0 saturated heterocycles. The van der Waals surface area contributed by atoms with E-state index < -0.39 is 49.9 Å². The minimum Gasteiger partial charge on any atom is -0.488 e. The van der Waals surface area contributed by atoms with Gasteiger partial charge in [-0.1, -0.05) is 6.42 Å². The summed E-state index contributed by atoms with van der Waals surface area (Å²) < 4.78 is 86.6. The first-order valence-electron chi connectivity index (χ1n) is 9.34. The van der Waals surface area contributed by atoms with Crippen LogP contribution >= 0.6 is 11.3 Å². The van der Waals surface area contributed by atoms with E-state index in [1.54, 1.807) is 0 Å². The third-order valence-corrected chi connectivity index (χ3v) is 7.68. The number of halogens is 4. The van der Waals surface area contributed by atoms with E-state index in [1.165, 1.54) is 11.6 Å². The largest absolute Gasteiger partial charge is 0.488 e. The minimum absolute atomic E-state index is 0.115. The highest BCUT2D eigenvalue weighted by Crippen LogP contribution is 2.40. The highest BCUT2D eigenvalue weighted by atomic mass is 32.2. The molecule has 0 radical (unpaired) electrons. The molecule has 11 heteroatoms. The zero-order valence-corrected chi connectivity index (χ0v) is 18.1. The first-order chi connectivity index (χ1) is 14.0. The number of thiazole rings is 1. The number of likely N-dealkylation sites (N-methyl/N-ethyl adjacent to an activating group) is 1. The zero-order chi connectivity index (χ0) is 22.1. The van der Waals surface area contributed by atoms with Crippen LogP contribution in [0.25, 0.3) is 0 Å². The molecule has 3 rings (SSSR count). The Morgan fingerprint density at radius 1 is 1.23 bits per heavy atom. The molecule has 2 atom stereocenters. The van der Waals surface area contributed by atoms with Crippen LogP contribution in [0.1, 0.15) is 36.3 Å². The van der Waals surface area contributed by atoms with E-state index in [1.807, 2.05) is 19.0 Å². The monoisotopic (exact) mass is 466 g/mol. The number of alkyl halides is 3. The Morgan fingerprint density at radius 3 is 2.53 bits per heavy atom. The van der Waals surface area contributed by atoms with E-state index in [-0.39, 0.29) is 11.0 Å². The SMILES string of the molecule is CN(C)[C@H]1CCCC[C@@H]1Oc1cc(F)c(S(=O)(=O)Cc2nccs2)cc1C(F)(F)F. The van der Waals surface area contributed by atoms with Crippen LogP contribution in [-0.4, -0.2) is 44.5 Å². The van der Waals surface area contributed by atoms with E-state index in [4.69, 9.17) is 4.74 Å². The van der Waals surface area contributed by atoms with Gasteiger partial charge in [0, 0.05) is 23.7 Å². The van der Waals surface area contributed by atoms with Crippen LogP contribution in [0, 0.1) is 5.82 Å². The van der Waals surface area contributed by atoms with Crippen LogP contribution in [0.2, 0.25) is 0 Å². The fourth-order valence-electron chi connectivity index (χ4n) is 3.63. The lowest BCUT2D eigenvalue weighted by atomic mass is 9.91. The molecule has 1 aromatic heterocycles. The van der Waals surface area contributed by atoms with Crippen LogP contribution < -0.4 is 4.74 Å². The van der Waals surface area contributed by atoms with Gasteiger partial charge in [-0.3, -0.25) is 0 Å². The van der Waals surface area contributed by atoms with Crippen LogP contribution in [0.15, 0.2) is 28.6 Å². The molecule has 1 fully saturated rings. The number of benzene rings is 1. The lowest BCUT2D eigenvalue weighted by Gasteiger charge is -2.36. The molecular formula is C19H22F4N2O3S2. The van der Waals surface area contributed by atoms with E-state index in [0.717, 1.165) is 30.6 Å². The lowest BCUT2D eigenvalue weighted by Crippen LogP contribution is -2.44. The summed E-state index contributed by atoms with van der Waals surface area (Å²) >= 11 is 1.03. The summed E-state index contributed by atoms with van der Waals surface area (Å²) in [6.07, 6.45) is -1.08. The van der Waals surface area contributed by atoms with Gasteiger partial charge in [0.15, 0.2) is 9.84 Å². The molecule has 0 unspecified atom stereocenters. The number of aromatic nitrogens is 1. The first-order valence-corrected chi connectivity index (χ1v) is 11.9. The Labute approximate surface area is 176 Å². The fourth-order valence-corrected chi connectivity index (χ4v) is 5.97. The summed E-state index contributed by atoms with van der Waals surface area (Å²) in [5.41, 5.74) is -1.30. The summed E-state index contributed by atoms with van der Waals surface area (Å²) in [7, 11) is -0.739. The predicted octanol–water partition coefficient (Wildman–Crippen LogP) is 4.53. The smallest absolute Gasteiger partial charge is 0.420 e. The average molecular weight is 467 g/mol. The lowest BCUT2D eigenvalue weighted by molar-refractivity contribution is -0.139. The molecule has 30 heavy (non-hydrogen) atoms. The van der Waals surface area contributed by atoms with Gasteiger partial charge in [-0.2, -0.15) is 13.2 Å². The Kier molecular flexibility index (Phi) is 6.73. The Hall–Kier alpha value is -1.72. The molecule has 1 aromatic carbocycles. The van der Waals surface area contributed by atoms with Crippen molar-refractivity contribution >= 4 is 21.2 Å². The van der Waals surface area contributed by atoms with E-state index in [2.05, 4.69) is 4.98 Å². The third kappa shape index (κ3) is 5.12. The summed E-state index contributed by atoms with van der Waals surface area (Å²) in [4.78, 5) is 4.68. The second-order valence-electron chi connectivity index (χ2n) is 7.43. The summed E-state index contributed by atoms with van der Waals surface area (Å²) in [6.45, 7) is 0. The molecule has 166 valence electrons. The number of hydrogen-bond acceptors (Lipinski definition) is 6. The van der Waals surface area contributed by atoms with Crippen LogP contribution in [-0.2, 0) is 21.8 Å². The van der Waals surface area contributed by atoms with Crippen molar-refractivity contribution in [2.24, 2.45) is 0 Å². The Balaban J connectivity index is 2.00. The van der Waals surface area contributed by atoms with Crippen LogP contribution in [0.4, 0.5) is 17.6 Å².